The summed E-state index contributed by atoms with van der Waals surface area (Å²) in [5.41, 5.74) is -1.48. The molecule has 3 nitrogen and oxygen atoms in total. The van der Waals surface area contributed by atoms with E-state index >= 15 is 0 Å². The van der Waals surface area contributed by atoms with Gasteiger partial charge in [-0.1, -0.05) is 39.8 Å². The fourth-order valence-corrected chi connectivity index (χ4v) is 2.34. The molecule has 0 fully saturated rings. The van der Waals surface area contributed by atoms with Crippen LogP contribution in [0.1, 0.15) is 34.1 Å². The fourth-order valence-electron chi connectivity index (χ4n) is 2.34. The molecule has 1 radical (unpaired) electrons. The van der Waals surface area contributed by atoms with Gasteiger partial charge in [0.25, 0.3) is 0 Å². The maximum Gasteiger partial charge on any atom is 0.178 e. The number of rotatable bonds is 2. The SMILES string of the molecule is CCC(O)(O)C1(C(C)(C)C)[C]=CC=CC1=N. The molecule has 3 N–H and O–H groups in total. The van der Waals surface area contributed by atoms with Gasteiger partial charge >= 0.3 is 0 Å². The summed E-state index contributed by atoms with van der Waals surface area (Å²) in [4.78, 5) is 0. The molecule has 0 aromatic heterocycles. The quantitative estimate of drug-likeness (QED) is 0.626. The molecule has 1 unspecified atom stereocenters. The summed E-state index contributed by atoms with van der Waals surface area (Å²) in [5, 5.41) is 28.4. The lowest BCUT2D eigenvalue weighted by molar-refractivity contribution is -0.234. The van der Waals surface area contributed by atoms with Crippen molar-refractivity contribution in [3.05, 3.63) is 24.3 Å². The summed E-state index contributed by atoms with van der Waals surface area (Å²) in [5.74, 6) is -1.95. The maximum absolute atomic E-state index is 10.2. The number of hydrogen-bond acceptors (Lipinski definition) is 3. The summed E-state index contributed by atoms with van der Waals surface area (Å²) in [6.45, 7) is 7.36. The predicted molar refractivity (Wildman–Crippen MR) is 64.0 cm³/mol. The van der Waals surface area contributed by atoms with Gasteiger partial charge in [0.05, 0.1) is 5.41 Å². The third-order valence-corrected chi connectivity index (χ3v) is 3.28. The molecule has 1 rings (SSSR count). The van der Waals surface area contributed by atoms with Crippen molar-refractivity contribution in [1.29, 1.82) is 5.41 Å². The molecule has 1 aliphatic rings. The number of nitrogens with one attached hydrogen (secondary N) is 1. The second-order valence-electron chi connectivity index (χ2n) is 5.25. The first-order chi connectivity index (χ1) is 7.19. The van der Waals surface area contributed by atoms with Crippen LogP contribution in [0.15, 0.2) is 18.2 Å². The van der Waals surface area contributed by atoms with E-state index < -0.39 is 16.6 Å². The molecular formula is C13H20NO2. The summed E-state index contributed by atoms with van der Waals surface area (Å²) in [6.07, 6.45) is 8.07. The van der Waals surface area contributed by atoms with Crippen LogP contribution in [0.2, 0.25) is 0 Å². The van der Waals surface area contributed by atoms with E-state index in [0.29, 0.717) is 0 Å². The number of hydrogen-bond donors (Lipinski definition) is 3. The van der Waals surface area contributed by atoms with E-state index in [1.165, 1.54) is 0 Å². The molecule has 0 saturated carbocycles. The van der Waals surface area contributed by atoms with Crippen LogP contribution < -0.4 is 0 Å². The molecular weight excluding hydrogens is 202 g/mol. The second kappa shape index (κ2) is 3.82. The molecule has 1 aliphatic carbocycles. The smallest absolute Gasteiger partial charge is 0.178 e. The van der Waals surface area contributed by atoms with Crippen molar-refractivity contribution >= 4 is 5.71 Å². The van der Waals surface area contributed by atoms with Crippen LogP contribution in [0.25, 0.3) is 0 Å². The van der Waals surface area contributed by atoms with Crippen LogP contribution in [0, 0.1) is 22.3 Å². The Bertz CT molecular complexity index is 347. The van der Waals surface area contributed by atoms with Gasteiger partial charge in [-0.15, -0.1) is 0 Å². The zero-order valence-corrected chi connectivity index (χ0v) is 10.3. The zero-order chi connectivity index (χ0) is 12.6. The predicted octanol–water partition coefficient (Wildman–Crippen LogP) is 2.06. The Morgan fingerprint density at radius 1 is 1.38 bits per heavy atom. The first-order valence-electron chi connectivity index (χ1n) is 5.50. The molecule has 0 spiro atoms. The third kappa shape index (κ3) is 1.64. The van der Waals surface area contributed by atoms with Crippen molar-refractivity contribution in [1.82, 2.24) is 0 Å². The zero-order valence-electron chi connectivity index (χ0n) is 10.3. The summed E-state index contributed by atoms with van der Waals surface area (Å²) < 4.78 is 0. The van der Waals surface area contributed by atoms with Crippen LogP contribution in [-0.2, 0) is 0 Å². The van der Waals surface area contributed by atoms with Crippen molar-refractivity contribution in [2.24, 2.45) is 10.8 Å². The van der Waals surface area contributed by atoms with Crippen molar-refractivity contribution in [3.8, 4) is 0 Å². The third-order valence-electron chi connectivity index (χ3n) is 3.28. The monoisotopic (exact) mass is 222 g/mol. The molecule has 0 aliphatic heterocycles. The second-order valence-corrected chi connectivity index (χ2v) is 5.25. The Morgan fingerprint density at radius 2 is 1.94 bits per heavy atom. The lowest BCUT2D eigenvalue weighted by atomic mass is 9.57. The van der Waals surface area contributed by atoms with Crippen LogP contribution in [0.3, 0.4) is 0 Å². The van der Waals surface area contributed by atoms with Gasteiger partial charge < -0.3 is 15.6 Å². The van der Waals surface area contributed by atoms with Gasteiger partial charge in [0.15, 0.2) is 5.79 Å². The number of allylic oxidation sites excluding steroid dienone is 3. The van der Waals surface area contributed by atoms with Gasteiger partial charge in [-0.25, -0.2) is 0 Å². The van der Waals surface area contributed by atoms with E-state index in [-0.39, 0.29) is 12.1 Å². The van der Waals surface area contributed by atoms with Gasteiger partial charge in [0.2, 0.25) is 0 Å². The highest BCUT2D eigenvalue weighted by atomic mass is 16.5. The van der Waals surface area contributed by atoms with Crippen LogP contribution in [0.5, 0.6) is 0 Å². The Hall–Kier alpha value is -0.930. The van der Waals surface area contributed by atoms with Crippen molar-refractivity contribution < 1.29 is 10.2 Å². The summed E-state index contributed by atoms with van der Waals surface area (Å²) in [7, 11) is 0. The van der Waals surface area contributed by atoms with Gasteiger partial charge in [-0.3, -0.25) is 0 Å². The number of aliphatic hydroxyl groups is 2. The molecule has 3 heteroatoms. The topological polar surface area (TPSA) is 64.3 Å². The molecule has 0 heterocycles. The van der Waals surface area contributed by atoms with E-state index in [0.717, 1.165) is 0 Å². The molecule has 0 amide bonds. The van der Waals surface area contributed by atoms with Crippen molar-refractivity contribution in [2.75, 3.05) is 0 Å². The van der Waals surface area contributed by atoms with Crippen LogP contribution >= 0.6 is 0 Å². The van der Waals surface area contributed by atoms with Gasteiger partial charge in [-0.05, 0) is 24.0 Å². The van der Waals surface area contributed by atoms with Gasteiger partial charge in [0.1, 0.15) is 0 Å². The van der Waals surface area contributed by atoms with E-state index in [1.54, 1.807) is 25.2 Å². The molecule has 0 aromatic carbocycles. The van der Waals surface area contributed by atoms with Gasteiger partial charge in [-0.2, -0.15) is 0 Å². The average Bonchev–Trinajstić information content (AvgIpc) is 2.16. The Labute approximate surface area is 97.0 Å². The minimum absolute atomic E-state index is 0.154. The normalized spacial score (nSPS) is 26.2. The molecule has 0 aromatic rings. The van der Waals surface area contributed by atoms with E-state index in [2.05, 4.69) is 6.08 Å². The van der Waals surface area contributed by atoms with Gasteiger partial charge in [0, 0.05) is 5.71 Å². The molecule has 0 bridgehead atoms. The summed E-state index contributed by atoms with van der Waals surface area (Å²) in [6, 6.07) is 0. The molecule has 89 valence electrons. The fraction of sp³-hybridized carbons (Fsp3) is 0.615. The van der Waals surface area contributed by atoms with Crippen LogP contribution in [0.4, 0.5) is 0 Å². The lowest BCUT2D eigenvalue weighted by Crippen LogP contribution is -2.59. The molecule has 0 saturated heterocycles. The first kappa shape index (κ1) is 13.1. The van der Waals surface area contributed by atoms with Crippen molar-refractivity contribution in [2.45, 2.75) is 39.9 Å². The Balaban J connectivity index is 3.41. The highest BCUT2D eigenvalue weighted by molar-refractivity contribution is 6.00. The summed E-state index contributed by atoms with van der Waals surface area (Å²) >= 11 is 0. The standard InChI is InChI=1S/C13H20NO2/c1-5-13(15,16)12(11(2,3)4)9-7-6-8-10(12)14/h6-8,14-16H,5H2,1-4H3. The highest BCUT2D eigenvalue weighted by Gasteiger charge is 2.57. The van der Waals surface area contributed by atoms with E-state index in [1.807, 2.05) is 20.8 Å². The van der Waals surface area contributed by atoms with E-state index in [4.69, 9.17) is 5.41 Å². The highest BCUT2D eigenvalue weighted by Crippen LogP contribution is 2.50. The Kier molecular flexibility index (Phi) is 3.14. The molecule has 16 heavy (non-hydrogen) atoms. The average molecular weight is 222 g/mol. The van der Waals surface area contributed by atoms with E-state index in [9.17, 15) is 10.2 Å². The minimum atomic E-state index is -1.95. The maximum atomic E-state index is 10.2. The molecule has 1 atom stereocenters. The van der Waals surface area contributed by atoms with Crippen molar-refractivity contribution in [3.63, 3.8) is 0 Å². The lowest BCUT2D eigenvalue weighted by Gasteiger charge is -2.50. The largest absolute Gasteiger partial charge is 0.365 e. The Morgan fingerprint density at radius 3 is 2.31 bits per heavy atom. The minimum Gasteiger partial charge on any atom is -0.365 e. The van der Waals surface area contributed by atoms with Crippen LogP contribution in [-0.4, -0.2) is 21.7 Å². The first-order valence-corrected chi connectivity index (χ1v) is 5.50.